The Kier molecular flexibility index (Phi) is 4.68. The zero-order valence-electron chi connectivity index (χ0n) is 11.7. The van der Waals surface area contributed by atoms with E-state index in [4.69, 9.17) is 0 Å². The summed E-state index contributed by atoms with van der Waals surface area (Å²) in [7, 11) is 0. The largest absolute Gasteiger partial charge is 0.416 e. The van der Waals surface area contributed by atoms with Crippen molar-refractivity contribution in [3.05, 3.63) is 65.0 Å². The van der Waals surface area contributed by atoms with Gasteiger partial charge in [-0.3, -0.25) is 0 Å². The molecule has 2 nitrogen and oxygen atoms in total. The zero-order chi connectivity index (χ0) is 16.3. The van der Waals surface area contributed by atoms with E-state index in [2.05, 4.69) is 10.2 Å². The minimum atomic E-state index is -4.32. The van der Waals surface area contributed by atoms with Crippen LogP contribution in [-0.2, 0) is 11.9 Å². The van der Waals surface area contributed by atoms with Gasteiger partial charge in [0.05, 0.1) is 10.4 Å². The second kappa shape index (κ2) is 6.72. The van der Waals surface area contributed by atoms with Gasteiger partial charge in [-0.25, -0.2) is 0 Å². The van der Waals surface area contributed by atoms with E-state index in [1.807, 2.05) is 29.6 Å². The third-order valence-electron chi connectivity index (χ3n) is 3.05. The molecule has 0 spiro atoms. The smallest absolute Gasteiger partial charge is 0.166 e. The number of aromatic nitrogens is 2. The van der Waals surface area contributed by atoms with Crippen molar-refractivity contribution >= 4 is 23.1 Å². The van der Waals surface area contributed by atoms with Crippen LogP contribution in [0.4, 0.5) is 13.2 Å². The van der Waals surface area contributed by atoms with Crippen molar-refractivity contribution < 1.29 is 13.2 Å². The molecule has 118 valence electrons. The Bertz CT molecular complexity index is 769. The molecule has 2 aromatic heterocycles. The maximum atomic E-state index is 12.7. The van der Waals surface area contributed by atoms with Gasteiger partial charge in [-0.05, 0) is 35.2 Å². The summed E-state index contributed by atoms with van der Waals surface area (Å²) in [5, 5.41) is 10.9. The van der Waals surface area contributed by atoms with E-state index < -0.39 is 11.7 Å². The number of thioether (sulfide) groups is 1. The van der Waals surface area contributed by atoms with Crippen molar-refractivity contribution in [2.45, 2.75) is 17.0 Å². The molecular weight excluding hydrogens is 341 g/mol. The van der Waals surface area contributed by atoms with Crippen LogP contribution in [0.25, 0.3) is 10.6 Å². The Labute approximate surface area is 139 Å². The third kappa shape index (κ3) is 4.11. The molecule has 0 radical (unpaired) electrons. The second-order valence-electron chi connectivity index (χ2n) is 4.72. The highest BCUT2D eigenvalue weighted by atomic mass is 32.2. The highest BCUT2D eigenvalue weighted by molar-refractivity contribution is 7.98. The number of hydrogen-bond donors (Lipinski definition) is 0. The fourth-order valence-corrected chi connectivity index (χ4v) is 3.39. The van der Waals surface area contributed by atoms with Gasteiger partial charge in [-0.1, -0.05) is 36.0 Å². The maximum absolute atomic E-state index is 12.7. The Hall–Kier alpha value is -1.86. The monoisotopic (exact) mass is 352 g/mol. The minimum Gasteiger partial charge on any atom is -0.166 e. The molecule has 0 unspecified atom stereocenters. The molecule has 3 rings (SSSR count). The van der Waals surface area contributed by atoms with E-state index in [9.17, 15) is 13.2 Å². The molecule has 2 heterocycles. The van der Waals surface area contributed by atoms with Crippen LogP contribution in [0, 0.1) is 0 Å². The lowest BCUT2D eigenvalue weighted by molar-refractivity contribution is -0.137. The summed E-state index contributed by atoms with van der Waals surface area (Å²) in [4.78, 5) is 1.03. The molecular formula is C16H11F3N2S2. The van der Waals surface area contributed by atoms with Gasteiger partial charge in [-0.15, -0.1) is 21.5 Å². The third-order valence-corrected chi connectivity index (χ3v) is 4.94. The van der Waals surface area contributed by atoms with Crippen LogP contribution < -0.4 is 0 Å². The first-order valence-corrected chi connectivity index (χ1v) is 8.55. The first-order valence-electron chi connectivity index (χ1n) is 6.69. The van der Waals surface area contributed by atoms with Crippen LogP contribution in [0.3, 0.4) is 0 Å². The van der Waals surface area contributed by atoms with E-state index in [-0.39, 0.29) is 0 Å². The molecule has 0 bridgehead atoms. The first kappa shape index (κ1) is 16.0. The summed E-state index contributed by atoms with van der Waals surface area (Å²) in [6.07, 6.45) is -4.32. The summed E-state index contributed by atoms with van der Waals surface area (Å²) in [6.45, 7) is 0. The van der Waals surface area contributed by atoms with Crippen molar-refractivity contribution in [2.75, 3.05) is 0 Å². The summed E-state index contributed by atoms with van der Waals surface area (Å²) in [6, 6.07) is 12.9. The molecule has 0 saturated heterocycles. The number of benzene rings is 1. The Morgan fingerprint density at radius 2 is 1.87 bits per heavy atom. The number of thiophene rings is 1. The van der Waals surface area contributed by atoms with Crippen molar-refractivity contribution in [3.63, 3.8) is 0 Å². The molecule has 3 aromatic rings. The number of nitrogens with zero attached hydrogens (tertiary/aromatic N) is 2. The van der Waals surface area contributed by atoms with Crippen LogP contribution in [0.15, 0.2) is 58.9 Å². The highest BCUT2D eigenvalue weighted by Gasteiger charge is 2.30. The number of alkyl halides is 3. The van der Waals surface area contributed by atoms with Gasteiger partial charge >= 0.3 is 6.18 Å². The lowest BCUT2D eigenvalue weighted by Gasteiger charge is -2.08. The van der Waals surface area contributed by atoms with Gasteiger partial charge in [0.15, 0.2) is 0 Å². The fraction of sp³-hybridized carbons (Fsp3) is 0.125. The van der Waals surface area contributed by atoms with Crippen LogP contribution >= 0.6 is 23.1 Å². The van der Waals surface area contributed by atoms with Gasteiger partial charge in [0.25, 0.3) is 0 Å². The lowest BCUT2D eigenvalue weighted by atomic mass is 10.1. The molecule has 7 heteroatoms. The molecule has 0 aliphatic heterocycles. The Balaban J connectivity index is 1.67. The average Bonchev–Trinajstić information content (AvgIpc) is 3.07. The topological polar surface area (TPSA) is 25.8 Å². The molecule has 0 aliphatic rings. The molecule has 0 N–H and O–H groups in total. The van der Waals surface area contributed by atoms with Crippen molar-refractivity contribution in [1.29, 1.82) is 0 Å². The molecule has 0 saturated carbocycles. The van der Waals surface area contributed by atoms with Gasteiger partial charge in [0.1, 0.15) is 10.7 Å². The summed E-state index contributed by atoms with van der Waals surface area (Å²) in [5.74, 6) is 0.414. The predicted octanol–water partition coefficient (Wildman–Crippen LogP) is 5.52. The van der Waals surface area contributed by atoms with Crippen molar-refractivity contribution in [1.82, 2.24) is 10.2 Å². The molecule has 0 fully saturated rings. The van der Waals surface area contributed by atoms with Crippen LogP contribution in [0.2, 0.25) is 0 Å². The van der Waals surface area contributed by atoms with Gasteiger partial charge in [-0.2, -0.15) is 13.2 Å². The number of halogens is 3. The minimum absolute atomic E-state index is 0.414. The highest BCUT2D eigenvalue weighted by Crippen LogP contribution is 2.31. The standard InChI is InChI=1S/C16H11F3N2S2/c17-16(18,19)12-4-1-3-11(9-12)10-23-15-7-6-13(20-21-15)14-5-2-8-22-14/h1-9H,10H2. The summed E-state index contributed by atoms with van der Waals surface area (Å²) in [5.41, 5.74) is 0.770. The predicted molar refractivity (Wildman–Crippen MR) is 86.4 cm³/mol. The van der Waals surface area contributed by atoms with E-state index in [1.54, 1.807) is 17.4 Å². The van der Waals surface area contributed by atoms with Crippen molar-refractivity contribution in [2.24, 2.45) is 0 Å². The van der Waals surface area contributed by atoms with E-state index in [1.165, 1.54) is 23.9 Å². The lowest BCUT2D eigenvalue weighted by Crippen LogP contribution is -2.04. The van der Waals surface area contributed by atoms with Crippen molar-refractivity contribution in [3.8, 4) is 10.6 Å². The Morgan fingerprint density at radius 3 is 2.52 bits per heavy atom. The van der Waals surface area contributed by atoms with Gasteiger partial charge < -0.3 is 0 Å². The van der Waals surface area contributed by atoms with E-state index in [0.717, 1.165) is 16.6 Å². The molecule has 0 atom stereocenters. The maximum Gasteiger partial charge on any atom is 0.416 e. The normalized spacial score (nSPS) is 11.6. The van der Waals surface area contributed by atoms with Gasteiger partial charge in [0.2, 0.25) is 0 Å². The fourth-order valence-electron chi connectivity index (χ4n) is 1.95. The molecule has 0 amide bonds. The number of rotatable bonds is 4. The zero-order valence-corrected chi connectivity index (χ0v) is 13.4. The quantitative estimate of drug-likeness (QED) is 0.579. The van der Waals surface area contributed by atoms with Crippen LogP contribution in [0.1, 0.15) is 11.1 Å². The SMILES string of the molecule is FC(F)(F)c1cccc(CSc2ccc(-c3cccs3)nn2)c1. The summed E-state index contributed by atoms with van der Waals surface area (Å²) >= 11 is 2.94. The Morgan fingerprint density at radius 1 is 1.00 bits per heavy atom. The molecule has 23 heavy (non-hydrogen) atoms. The molecule has 1 aromatic carbocycles. The van der Waals surface area contributed by atoms with Crippen LogP contribution in [0.5, 0.6) is 0 Å². The number of hydrogen-bond acceptors (Lipinski definition) is 4. The van der Waals surface area contributed by atoms with E-state index in [0.29, 0.717) is 16.3 Å². The van der Waals surface area contributed by atoms with Crippen LogP contribution in [-0.4, -0.2) is 10.2 Å². The molecule has 0 aliphatic carbocycles. The second-order valence-corrected chi connectivity index (χ2v) is 6.66. The van der Waals surface area contributed by atoms with E-state index >= 15 is 0 Å². The first-order chi connectivity index (χ1) is 11.0. The summed E-state index contributed by atoms with van der Waals surface area (Å²) < 4.78 is 38.0. The average molecular weight is 352 g/mol. The van der Waals surface area contributed by atoms with Gasteiger partial charge in [0, 0.05) is 5.75 Å².